The highest BCUT2D eigenvalue weighted by atomic mass is 16.2. The summed E-state index contributed by atoms with van der Waals surface area (Å²) in [6.45, 7) is 5.50. The Hall–Kier alpha value is -2.42. The second-order valence-corrected chi connectivity index (χ2v) is 6.31. The van der Waals surface area contributed by atoms with E-state index in [4.69, 9.17) is 0 Å². The number of anilines is 1. The van der Waals surface area contributed by atoms with Crippen LogP contribution in [-0.2, 0) is 9.59 Å². The zero-order valence-electron chi connectivity index (χ0n) is 13.2. The minimum Gasteiger partial charge on any atom is -0.325 e. The fourth-order valence-corrected chi connectivity index (χ4v) is 2.24. The second kappa shape index (κ2) is 6.56. The predicted molar refractivity (Wildman–Crippen MR) is 88.7 cm³/mol. The van der Waals surface area contributed by atoms with Crippen LogP contribution in [0.4, 0.5) is 5.69 Å². The van der Waals surface area contributed by atoms with E-state index in [1.54, 1.807) is 0 Å². The van der Waals surface area contributed by atoms with Gasteiger partial charge in [-0.3, -0.25) is 9.59 Å². The molecular weight excluding hydrogens is 274 g/mol. The van der Waals surface area contributed by atoms with E-state index in [-0.39, 0.29) is 11.7 Å². The van der Waals surface area contributed by atoms with Gasteiger partial charge in [0.1, 0.15) is 5.92 Å². The van der Waals surface area contributed by atoms with Gasteiger partial charge in [-0.1, -0.05) is 69.3 Å². The topological polar surface area (TPSA) is 46.2 Å². The van der Waals surface area contributed by atoms with Crippen molar-refractivity contribution in [3.63, 3.8) is 0 Å². The smallest absolute Gasteiger partial charge is 0.239 e. The van der Waals surface area contributed by atoms with E-state index in [1.165, 1.54) is 0 Å². The highest BCUT2D eigenvalue weighted by Gasteiger charge is 2.35. The molecule has 1 unspecified atom stereocenters. The molecule has 2 rings (SSSR count). The normalized spacial score (nSPS) is 12.5. The van der Waals surface area contributed by atoms with Gasteiger partial charge in [-0.05, 0) is 17.7 Å². The standard InChI is InChI=1S/C19H21NO2/c1-19(2,3)17(21)16(14-10-6-4-7-11-14)18(22)20-15-12-8-5-9-13-15/h4-13,16H,1-3H3,(H,20,22). The van der Waals surface area contributed by atoms with Crippen LogP contribution in [0.1, 0.15) is 32.3 Å². The number of carbonyl (C=O) groups is 2. The number of hydrogen-bond donors (Lipinski definition) is 1. The SMILES string of the molecule is CC(C)(C)C(=O)C(C(=O)Nc1ccccc1)c1ccccc1. The van der Waals surface area contributed by atoms with E-state index in [9.17, 15) is 9.59 Å². The minimum absolute atomic E-state index is 0.0906. The summed E-state index contributed by atoms with van der Waals surface area (Å²) in [5.41, 5.74) is 0.820. The fraction of sp³-hybridized carbons (Fsp3) is 0.263. The molecule has 0 aliphatic heterocycles. The average Bonchev–Trinajstić information content (AvgIpc) is 2.48. The van der Waals surface area contributed by atoms with Crippen molar-refractivity contribution >= 4 is 17.4 Å². The summed E-state index contributed by atoms with van der Waals surface area (Å²) < 4.78 is 0. The van der Waals surface area contributed by atoms with Crippen molar-refractivity contribution in [3.05, 3.63) is 66.2 Å². The van der Waals surface area contributed by atoms with Crippen LogP contribution in [0.5, 0.6) is 0 Å². The molecule has 0 bridgehead atoms. The largest absolute Gasteiger partial charge is 0.325 e. The van der Waals surface area contributed by atoms with Gasteiger partial charge in [0.25, 0.3) is 0 Å². The molecule has 3 heteroatoms. The number of nitrogens with one attached hydrogen (secondary N) is 1. The second-order valence-electron chi connectivity index (χ2n) is 6.31. The number of Topliss-reactive ketones (excluding diaryl/α,β-unsaturated/α-hetero) is 1. The number of hydrogen-bond acceptors (Lipinski definition) is 2. The predicted octanol–water partition coefficient (Wildman–Crippen LogP) is 4.02. The Morgan fingerprint density at radius 1 is 0.864 bits per heavy atom. The van der Waals surface area contributed by atoms with Gasteiger partial charge >= 0.3 is 0 Å². The van der Waals surface area contributed by atoms with Crippen molar-refractivity contribution in [1.29, 1.82) is 0 Å². The zero-order chi connectivity index (χ0) is 16.2. The number of ketones is 1. The molecule has 114 valence electrons. The van der Waals surface area contributed by atoms with E-state index in [0.717, 1.165) is 5.56 Å². The summed E-state index contributed by atoms with van der Waals surface area (Å²) in [7, 11) is 0. The third-order valence-corrected chi connectivity index (χ3v) is 3.44. The lowest BCUT2D eigenvalue weighted by atomic mass is 9.79. The maximum atomic E-state index is 12.7. The van der Waals surface area contributed by atoms with Gasteiger partial charge in [-0.2, -0.15) is 0 Å². The lowest BCUT2D eigenvalue weighted by Crippen LogP contribution is -2.35. The number of para-hydroxylation sites is 1. The molecule has 0 heterocycles. The van der Waals surface area contributed by atoms with Crippen LogP contribution in [0.15, 0.2) is 60.7 Å². The lowest BCUT2D eigenvalue weighted by Gasteiger charge is -2.24. The van der Waals surface area contributed by atoms with Crippen molar-refractivity contribution in [2.45, 2.75) is 26.7 Å². The van der Waals surface area contributed by atoms with Gasteiger partial charge in [0.2, 0.25) is 5.91 Å². The highest BCUT2D eigenvalue weighted by Crippen LogP contribution is 2.28. The number of rotatable bonds is 4. The first-order chi connectivity index (χ1) is 10.4. The summed E-state index contributed by atoms with van der Waals surface area (Å²) in [6, 6.07) is 18.4. The first-order valence-corrected chi connectivity index (χ1v) is 7.35. The van der Waals surface area contributed by atoms with Crippen molar-refractivity contribution in [2.24, 2.45) is 5.41 Å². The Kier molecular flexibility index (Phi) is 4.76. The molecule has 1 amide bonds. The molecule has 0 radical (unpaired) electrons. The first-order valence-electron chi connectivity index (χ1n) is 7.35. The van der Waals surface area contributed by atoms with Crippen LogP contribution in [0.3, 0.4) is 0 Å². The Morgan fingerprint density at radius 2 is 1.36 bits per heavy atom. The Bertz CT molecular complexity index is 642. The zero-order valence-corrected chi connectivity index (χ0v) is 13.2. The van der Waals surface area contributed by atoms with Crippen molar-refractivity contribution in [2.75, 3.05) is 5.32 Å². The molecule has 2 aromatic rings. The van der Waals surface area contributed by atoms with Crippen LogP contribution < -0.4 is 5.32 Å². The quantitative estimate of drug-likeness (QED) is 0.866. The molecule has 0 aliphatic carbocycles. The number of carbonyl (C=O) groups excluding carboxylic acids is 2. The maximum Gasteiger partial charge on any atom is 0.239 e. The Balaban J connectivity index is 2.32. The summed E-state index contributed by atoms with van der Waals surface area (Å²) in [5, 5.41) is 2.83. The molecule has 1 N–H and O–H groups in total. The van der Waals surface area contributed by atoms with Crippen molar-refractivity contribution in [3.8, 4) is 0 Å². The molecule has 0 spiro atoms. The number of benzene rings is 2. The molecular formula is C19H21NO2. The van der Waals surface area contributed by atoms with Gasteiger partial charge in [-0.15, -0.1) is 0 Å². The van der Waals surface area contributed by atoms with E-state index >= 15 is 0 Å². The van der Waals surface area contributed by atoms with Crippen molar-refractivity contribution in [1.82, 2.24) is 0 Å². The molecule has 0 aliphatic rings. The highest BCUT2D eigenvalue weighted by molar-refractivity contribution is 6.13. The molecule has 22 heavy (non-hydrogen) atoms. The molecule has 0 saturated carbocycles. The van der Waals surface area contributed by atoms with Gasteiger partial charge in [0.15, 0.2) is 5.78 Å². The summed E-state index contributed by atoms with van der Waals surface area (Å²) in [4.78, 5) is 25.4. The monoisotopic (exact) mass is 295 g/mol. The molecule has 2 aromatic carbocycles. The van der Waals surface area contributed by atoms with Crippen LogP contribution >= 0.6 is 0 Å². The van der Waals surface area contributed by atoms with E-state index in [1.807, 2.05) is 81.4 Å². The third kappa shape index (κ3) is 3.82. The Labute approximate surface area is 131 Å². The fourth-order valence-electron chi connectivity index (χ4n) is 2.24. The summed E-state index contributed by atoms with van der Waals surface area (Å²) in [6.07, 6.45) is 0. The number of amides is 1. The summed E-state index contributed by atoms with van der Waals surface area (Å²) in [5.74, 6) is -1.19. The molecule has 0 fully saturated rings. The van der Waals surface area contributed by atoms with Gasteiger partial charge in [-0.25, -0.2) is 0 Å². The molecule has 1 atom stereocenters. The molecule has 0 saturated heterocycles. The van der Waals surface area contributed by atoms with Gasteiger partial charge < -0.3 is 5.32 Å². The van der Waals surface area contributed by atoms with Crippen molar-refractivity contribution < 1.29 is 9.59 Å². The van der Waals surface area contributed by atoms with Crippen LogP contribution in [0, 0.1) is 5.41 Å². The van der Waals surface area contributed by atoms with Gasteiger partial charge in [0.05, 0.1) is 0 Å². The van der Waals surface area contributed by atoms with Gasteiger partial charge in [0, 0.05) is 11.1 Å². The minimum atomic E-state index is -0.804. The third-order valence-electron chi connectivity index (χ3n) is 3.44. The van der Waals surface area contributed by atoms with Crippen LogP contribution in [0.2, 0.25) is 0 Å². The lowest BCUT2D eigenvalue weighted by molar-refractivity contribution is -0.132. The average molecular weight is 295 g/mol. The Morgan fingerprint density at radius 3 is 1.86 bits per heavy atom. The van der Waals surface area contributed by atoms with E-state index in [0.29, 0.717) is 5.69 Å². The summed E-state index contributed by atoms with van der Waals surface area (Å²) >= 11 is 0. The first kappa shape index (κ1) is 16.0. The van der Waals surface area contributed by atoms with Crippen LogP contribution in [0.25, 0.3) is 0 Å². The van der Waals surface area contributed by atoms with Crippen LogP contribution in [-0.4, -0.2) is 11.7 Å². The molecule has 3 nitrogen and oxygen atoms in total. The van der Waals surface area contributed by atoms with E-state index in [2.05, 4.69) is 5.32 Å². The van der Waals surface area contributed by atoms with E-state index < -0.39 is 11.3 Å². The maximum absolute atomic E-state index is 12.7. The molecule has 0 aromatic heterocycles.